The van der Waals surface area contributed by atoms with Crippen LogP contribution in [0.15, 0.2) is 0 Å². The number of carbonyl (C=O) groups excluding carboxylic acids is 2. The molecule has 0 radical (unpaired) electrons. The monoisotopic (exact) mass is 216 g/mol. The first-order valence-corrected chi connectivity index (χ1v) is 4.86. The molecule has 0 bridgehead atoms. The molecule has 5 heteroatoms. The molecule has 0 saturated carbocycles. The minimum atomic E-state index is -0.588. The van der Waals surface area contributed by atoms with E-state index >= 15 is 0 Å². The zero-order chi connectivity index (χ0) is 12.1. The molecule has 0 rings (SSSR count). The van der Waals surface area contributed by atoms with E-state index in [1.165, 1.54) is 7.11 Å². The number of ether oxygens (including phenoxy) is 1. The maximum absolute atomic E-state index is 11.4. The first kappa shape index (κ1) is 13.9. The lowest BCUT2D eigenvalue weighted by Gasteiger charge is -2.22. The van der Waals surface area contributed by atoms with Gasteiger partial charge < -0.3 is 15.8 Å². The first-order chi connectivity index (χ1) is 6.76. The number of nitrogens with one attached hydrogen (secondary N) is 1. The Bertz CT molecular complexity index is 233. The molecule has 0 aromatic heterocycles. The van der Waals surface area contributed by atoms with Crippen molar-refractivity contribution in [1.82, 2.24) is 5.32 Å². The molecule has 1 atom stereocenters. The normalized spacial score (nSPS) is 13.1. The summed E-state index contributed by atoms with van der Waals surface area (Å²) in [5, 5.41) is 2.42. The molecule has 0 spiro atoms. The van der Waals surface area contributed by atoms with Gasteiger partial charge in [0, 0.05) is 0 Å². The lowest BCUT2D eigenvalue weighted by molar-refractivity contribution is -0.141. The Morgan fingerprint density at radius 2 is 1.93 bits per heavy atom. The van der Waals surface area contributed by atoms with Gasteiger partial charge in [0.1, 0.15) is 6.54 Å². The summed E-state index contributed by atoms with van der Waals surface area (Å²) >= 11 is 0. The van der Waals surface area contributed by atoms with E-state index in [9.17, 15) is 9.59 Å². The van der Waals surface area contributed by atoms with Crippen molar-refractivity contribution in [2.45, 2.75) is 33.2 Å². The molecule has 0 aliphatic carbocycles. The number of esters is 1. The van der Waals surface area contributed by atoms with Gasteiger partial charge in [-0.05, 0) is 11.8 Å². The van der Waals surface area contributed by atoms with Crippen LogP contribution in [0.3, 0.4) is 0 Å². The zero-order valence-electron chi connectivity index (χ0n) is 9.79. The lowest BCUT2D eigenvalue weighted by Crippen LogP contribution is -2.44. The molecule has 0 fully saturated rings. The van der Waals surface area contributed by atoms with E-state index in [0.29, 0.717) is 6.42 Å². The number of carbonyl (C=O) groups is 2. The third kappa shape index (κ3) is 6.90. The highest BCUT2D eigenvalue weighted by Gasteiger charge is 2.21. The molecular weight excluding hydrogens is 196 g/mol. The molecule has 15 heavy (non-hydrogen) atoms. The number of amides is 1. The van der Waals surface area contributed by atoms with Crippen LogP contribution in [0.2, 0.25) is 0 Å². The molecular formula is C10H20N2O3. The van der Waals surface area contributed by atoms with Crippen molar-refractivity contribution in [2.24, 2.45) is 11.1 Å². The van der Waals surface area contributed by atoms with Crippen molar-refractivity contribution in [1.29, 1.82) is 0 Å². The zero-order valence-corrected chi connectivity index (χ0v) is 9.79. The van der Waals surface area contributed by atoms with Crippen molar-refractivity contribution >= 4 is 11.9 Å². The third-order valence-electron chi connectivity index (χ3n) is 1.80. The first-order valence-electron chi connectivity index (χ1n) is 4.86. The topological polar surface area (TPSA) is 81.4 Å². The Morgan fingerprint density at radius 1 is 1.40 bits per heavy atom. The molecule has 0 aliphatic rings. The van der Waals surface area contributed by atoms with Gasteiger partial charge in [-0.3, -0.25) is 9.59 Å². The summed E-state index contributed by atoms with van der Waals surface area (Å²) in [7, 11) is 1.27. The van der Waals surface area contributed by atoms with Crippen molar-refractivity contribution in [3.8, 4) is 0 Å². The molecule has 1 amide bonds. The predicted octanol–water partition coefficient (Wildman–Crippen LogP) is 0.0391. The molecule has 3 N–H and O–H groups in total. The lowest BCUT2D eigenvalue weighted by atomic mass is 9.88. The van der Waals surface area contributed by atoms with E-state index in [0.717, 1.165) is 0 Å². The predicted molar refractivity (Wildman–Crippen MR) is 57.1 cm³/mol. The Morgan fingerprint density at radius 3 is 2.33 bits per heavy atom. The largest absolute Gasteiger partial charge is 0.468 e. The van der Waals surface area contributed by atoms with Crippen LogP contribution >= 0.6 is 0 Å². The summed E-state index contributed by atoms with van der Waals surface area (Å²) in [6, 6.07) is -0.588. The number of nitrogens with two attached hydrogens (primary N) is 1. The van der Waals surface area contributed by atoms with Crippen LogP contribution in [0, 0.1) is 5.41 Å². The average Bonchev–Trinajstić information content (AvgIpc) is 2.10. The Balaban J connectivity index is 3.95. The molecule has 0 aromatic rings. The summed E-state index contributed by atoms with van der Waals surface area (Å²) < 4.78 is 4.39. The molecule has 0 aromatic carbocycles. The molecule has 0 unspecified atom stereocenters. The highest BCUT2D eigenvalue weighted by Crippen LogP contribution is 2.19. The van der Waals surface area contributed by atoms with Crippen LogP contribution in [0.25, 0.3) is 0 Å². The maximum atomic E-state index is 11.4. The third-order valence-corrected chi connectivity index (χ3v) is 1.80. The minimum Gasteiger partial charge on any atom is -0.468 e. The van der Waals surface area contributed by atoms with Crippen LogP contribution in [-0.2, 0) is 14.3 Å². The van der Waals surface area contributed by atoms with Gasteiger partial charge >= 0.3 is 5.97 Å². The number of rotatable bonds is 4. The Kier molecular flexibility index (Phi) is 5.28. The van der Waals surface area contributed by atoms with Crippen LogP contribution < -0.4 is 11.1 Å². The van der Waals surface area contributed by atoms with Crippen LogP contribution in [-0.4, -0.2) is 31.6 Å². The van der Waals surface area contributed by atoms with E-state index in [4.69, 9.17) is 5.73 Å². The summed E-state index contributed by atoms with van der Waals surface area (Å²) in [4.78, 5) is 22.1. The van der Waals surface area contributed by atoms with Crippen LogP contribution in [0.4, 0.5) is 0 Å². The fraction of sp³-hybridized carbons (Fsp3) is 0.800. The van der Waals surface area contributed by atoms with Gasteiger partial charge in [-0.15, -0.1) is 0 Å². The number of hydrogen-bond donors (Lipinski definition) is 2. The number of methoxy groups -OCH3 is 1. The molecule has 0 heterocycles. The second-order valence-electron chi connectivity index (χ2n) is 4.67. The van der Waals surface area contributed by atoms with Gasteiger partial charge in [0.25, 0.3) is 0 Å². The van der Waals surface area contributed by atoms with E-state index in [2.05, 4.69) is 10.1 Å². The Labute approximate surface area is 90.4 Å². The van der Waals surface area contributed by atoms with Gasteiger partial charge in [0.05, 0.1) is 13.2 Å². The van der Waals surface area contributed by atoms with E-state index < -0.39 is 12.0 Å². The summed E-state index contributed by atoms with van der Waals surface area (Å²) in [5.74, 6) is -0.804. The molecule has 0 aliphatic heterocycles. The van der Waals surface area contributed by atoms with Crippen molar-refractivity contribution in [2.75, 3.05) is 13.7 Å². The van der Waals surface area contributed by atoms with Crippen molar-refractivity contribution in [3.05, 3.63) is 0 Å². The molecule has 88 valence electrons. The molecule has 5 nitrogen and oxygen atoms in total. The second-order valence-corrected chi connectivity index (χ2v) is 4.67. The fourth-order valence-corrected chi connectivity index (χ4v) is 1.11. The van der Waals surface area contributed by atoms with E-state index in [1.54, 1.807) is 0 Å². The highest BCUT2D eigenvalue weighted by atomic mass is 16.5. The standard InChI is InChI=1S/C10H20N2O3/c1-10(2,3)5-7(11)9(14)12-6-8(13)15-4/h7H,5-6,11H2,1-4H3,(H,12,14)/t7-/m0/s1. The minimum absolute atomic E-state index is 0.0119. The fourth-order valence-electron chi connectivity index (χ4n) is 1.11. The summed E-state index contributed by atoms with van der Waals surface area (Å²) in [6.07, 6.45) is 0.569. The Hall–Kier alpha value is -1.10. The van der Waals surface area contributed by atoms with Gasteiger partial charge in [-0.25, -0.2) is 0 Å². The van der Waals surface area contributed by atoms with E-state index in [-0.39, 0.29) is 17.9 Å². The van der Waals surface area contributed by atoms with Crippen LogP contribution in [0.5, 0.6) is 0 Å². The number of hydrogen-bond acceptors (Lipinski definition) is 4. The molecule has 0 saturated heterocycles. The maximum Gasteiger partial charge on any atom is 0.325 e. The second kappa shape index (κ2) is 5.70. The van der Waals surface area contributed by atoms with Gasteiger partial charge in [0.15, 0.2) is 0 Å². The highest BCUT2D eigenvalue weighted by molar-refractivity contribution is 5.85. The smallest absolute Gasteiger partial charge is 0.325 e. The van der Waals surface area contributed by atoms with Crippen LogP contribution in [0.1, 0.15) is 27.2 Å². The summed E-state index contributed by atoms with van der Waals surface area (Å²) in [6.45, 7) is 5.87. The van der Waals surface area contributed by atoms with Gasteiger partial charge in [0.2, 0.25) is 5.91 Å². The van der Waals surface area contributed by atoms with Gasteiger partial charge in [-0.2, -0.15) is 0 Å². The quantitative estimate of drug-likeness (QED) is 0.650. The van der Waals surface area contributed by atoms with Gasteiger partial charge in [-0.1, -0.05) is 20.8 Å². The summed E-state index contributed by atoms with van der Waals surface area (Å²) in [5.41, 5.74) is 5.65. The SMILES string of the molecule is COC(=O)CNC(=O)[C@@H](N)CC(C)(C)C. The average molecular weight is 216 g/mol. The van der Waals surface area contributed by atoms with Crippen molar-refractivity contribution in [3.63, 3.8) is 0 Å². The van der Waals surface area contributed by atoms with E-state index in [1.807, 2.05) is 20.8 Å². The van der Waals surface area contributed by atoms with Crippen molar-refractivity contribution < 1.29 is 14.3 Å².